The smallest absolute Gasteiger partial charge is 0.194 e. The molecule has 0 aliphatic carbocycles. The number of nitrogens with zero attached hydrogens (tertiary/aromatic N) is 2. The maximum absolute atomic E-state index is 5.70. The lowest BCUT2D eigenvalue weighted by Crippen LogP contribution is -1.78. The Kier molecular flexibility index (Phi) is 1.32. The van der Waals surface area contributed by atoms with Gasteiger partial charge in [0.1, 0.15) is 5.76 Å². The van der Waals surface area contributed by atoms with Gasteiger partial charge in [-0.15, -0.1) is 5.10 Å². The third-order valence-corrected chi connectivity index (χ3v) is 1.66. The molecule has 4 heteroatoms. The first-order valence-corrected chi connectivity index (χ1v) is 3.52. The summed E-state index contributed by atoms with van der Waals surface area (Å²) in [6, 6.07) is 1.87. The van der Waals surface area contributed by atoms with Crippen molar-refractivity contribution in [3.63, 3.8) is 0 Å². The van der Waals surface area contributed by atoms with E-state index < -0.39 is 0 Å². The van der Waals surface area contributed by atoms with Crippen molar-refractivity contribution >= 4 is 22.6 Å². The lowest BCUT2D eigenvalue weighted by atomic mass is 10.3. The molecule has 2 aromatic heterocycles. The molecule has 0 aliphatic rings. The number of furan rings is 1. The largest absolute Gasteiger partial charge is 0.458 e. The molecule has 0 aromatic carbocycles. The Labute approximate surface area is 68.0 Å². The fraction of sp³-hybridized carbons (Fsp3) is 0.143. The van der Waals surface area contributed by atoms with Crippen molar-refractivity contribution in [1.82, 2.24) is 10.2 Å². The quantitative estimate of drug-likeness (QED) is 0.605. The Morgan fingerprint density at radius 1 is 1.55 bits per heavy atom. The number of fused-ring (bicyclic) bond motifs is 1. The monoisotopic (exact) mass is 168 g/mol. The first-order chi connectivity index (χ1) is 5.27. The number of rotatable bonds is 0. The van der Waals surface area contributed by atoms with Crippen LogP contribution in [-0.4, -0.2) is 10.2 Å². The molecule has 2 heterocycles. The molecule has 0 bridgehead atoms. The third-order valence-electron chi connectivity index (χ3n) is 1.41. The molecular formula is C7H5ClN2O. The van der Waals surface area contributed by atoms with E-state index in [1.54, 1.807) is 6.20 Å². The minimum Gasteiger partial charge on any atom is -0.458 e. The number of hydrogen-bond donors (Lipinski definition) is 0. The van der Waals surface area contributed by atoms with E-state index in [2.05, 4.69) is 10.2 Å². The van der Waals surface area contributed by atoms with Gasteiger partial charge in [0.15, 0.2) is 10.7 Å². The van der Waals surface area contributed by atoms with E-state index in [0.717, 1.165) is 11.1 Å². The molecule has 0 spiro atoms. The molecule has 3 nitrogen and oxygen atoms in total. The van der Waals surface area contributed by atoms with Crippen LogP contribution in [-0.2, 0) is 0 Å². The minimum absolute atomic E-state index is 0.315. The van der Waals surface area contributed by atoms with Crippen LogP contribution in [0, 0.1) is 6.92 Å². The highest BCUT2D eigenvalue weighted by molar-refractivity contribution is 6.33. The summed E-state index contributed by atoms with van der Waals surface area (Å²) in [6.07, 6.45) is 1.62. The van der Waals surface area contributed by atoms with Gasteiger partial charge in [0.2, 0.25) is 0 Å². The highest BCUT2D eigenvalue weighted by atomic mass is 35.5. The third kappa shape index (κ3) is 0.973. The van der Waals surface area contributed by atoms with Crippen LogP contribution in [0.15, 0.2) is 16.7 Å². The molecule has 0 fully saturated rings. The molecule has 56 valence electrons. The van der Waals surface area contributed by atoms with Gasteiger partial charge in [0.05, 0.1) is 6.20 Å². The van der Waals surface area contributed by atoms with E-state index >= 15 is 0 Å². The van der Waals surface area contributed by atoms with Gasteiger partial charge >= 0.3 is 0 Å². The van der Waals surface area contributed by atoms with E-state index in [1.165, 1.54) is 0 Å². The average molecular weight is 169 g/mol. The minimum atomic E-state index is 0.315. The van der Waals surface area contributed by atoms with Crippen molar-refractivity contribution in [2.45, 2.75) is 6.92 Å². The van der Waals surface area contributed by atoms with E-state index in [-0.39, 0.29) is 0 Å². The SMILES string of the molecule is Cc1cc2cnnc(Cl)c2o1. The van der Waals surface area contributed by atoms with Gasteiger partial charge in [-0.2, -0.15) is 5.10 Å². The predicted molar refractivity (Wildman–Crippen MR) is 41.6 cm³/mol. The van der Waals surface area contributed by atoms with Crippen LogP contribution in [0.5, 0.6) is 0 Å². The summed E-state index contributed by atoms with van der Waals surface area (Å²) >= 11 is 5.70. The molecule has 2 aromatic rings. The Bertz CT molecular complexity index is 396. The standard InChI is InChI=1S/C7H5ClN2O/c1-4-2-5-3-9-10-7(8)6(5)11-4/h2-3H,1H3. The number of hydrogen-bond acceptors (Lipinski definition) is 3. The summed E-state index contributed by atoms with van der Waals surface area (Å²) in [5.41, 5.74) is 0.610. The second kappa shape index (κ2) is 2.20. The Morgan fingerprint density at radius 2 is 2.36 bits per heavy atom. The van der Waals surface area contributed by atoms with Crippen LogP contribution >= 0.6 is 11.6 Å². The molecule has 11 heavy (non-hydrogen) atoms. The van der Waals surface area contributed by atoms with Crippen molar-refractivity contribution in [1.29, 1.82) is 0 Å². The van der Waals surface area contributed by atoms with E-state index in [4.69, 9.17) is 16.0 Å². The molecule has 0 saturated heterocycles. The first kappa shape index (κ1) is 6.61. The molecular weight excluding hydrogens is 164 g/mol. The van der Waals surface area contributed by atoms with Crippen molar-refractivity contribution in [3.05, 3.63) is 23.2 Å². The Morgan fingerprint density at radius 3 is 3.09 bits per heavy atom. The van der Waals surface area contributed by atoms with Gasteiger partial charge in [-0.1, -0.05) is 11.6 Å². The Hall–Kier alpha value is -1.09. The first-order valence-electron chi connectivity index (χ1n) is 3.15. The lowest BCUT2D eigenvalue weighted by Gasteiger charge is -1.86. The molecule has 2 rings (SSSR count). The Balaban J connectivity index is 2.90. The fourth-order valence-electron chi connectivity index (χ4n) is 0.978. The van der Waals surface area contributed by atoms with Crippen LogP contribution < -0.4 is 0 Å². The van der Waals surface area contributed by atoms with Crippen molar-refractivity contribution < 1.29 is 4.42 Å². The van der Waals surface area contributed by atoms with Crippen molar-refractivity contribution in [2.24, 2.45) is 0 Å². The van der Waals surface area contributed by atoms with Crippen LogP contribution in [0.1, 0.15) is 5.76 Å². The van der Waals surface area contributed by atoms with Gasteiger partial charge in [-0.05, 0) is 13.0 Å². The molecule has 0 N–H and O–H groups in total. The summed E-state index contributed by atoms with van der Waals surface area (Å²) in [4.78, 5) is 0. The molecule has 0 aliphatic heterocycles. The van der Waals surface area contributed by atoms with Crippen LogP contribution in [0.4, 0.5) is 0 Å². The van der Waals surface area contributed by atoms with Gasteiger partial charge in [-0.3, -0.25) is 0 Å². The second-order valence-corrected chi connectivity index (χ2v) is 2.63. The molecule has 0 amide bonds. The fourth-order valence-corrected chi connectivity index (χ4v) is 1.17. The van der Waals surface area contributed by atoms with Gasteiger partial charge < -0.3 is 4.42 Å². The maximum Gasteiger partial charge on any atom is 0.194 e. The van der Waals surface area contributed by atoms with Gasteiger partial charge in [-0.25, -0.2) is 0 Å². The molecule has 0 radical (unpaired) electrons. The van der Waals surface area contributed by atoms with Crippen LogP contribution in [0.3, 0.4) is 0 Å². The molecule has 0 unspecified atom stereocenters. The lowest BCUT2D eigenvalue weighted by molar-refractivity contribution is 0.576. The zero-order valence-corrected chi connectivity index (χ0v) is 6.59. The number of halogens is 1. The zero-order valence-electron chi connectivity index (χ0n) is 5.84. The summed E-state index contributed by atoms with van der Waals surface area (Å²) in [7, 11) is 0. The van der Waals surface area contributed by atoms with E-state index in [1.807, 2.05) is 13.0 Å². The predicted octanol–water partition coefficient (Wildman–Crippen LogP) is 2.18. The summed E-state index contributed by atoms with van der Waals surface area (Å²) in [5, 5.41) is 8.53. The van der Waals surface area contributed by atoms with E-state index in [9.17, 15) is 0 Å². The van der Waals surface area contributed by atoms with Gasteiger partial charge in [0.25, 0.3) is 0 Å². The zero-order chi connectivity index (χ0) is 7.84. The number of aromatic nitrogens is 2. The maximum atomic E-state index is 5.70. The highest BCUT2D eigenvalue weighted by Gasteiger charge is 2.04. The van der Waals surface area contributed by atoms with Crippen LogP contribution in [0.2, 0.25) is 5.15 Å². The van der Waals surface area contributed by atoms with Gasteiger partial charge in [0, 0.05) is 5.39 Å². The summed E-state index contributed by atoms with van der Waals surface area (Å²) < 4.78 is 5.26. The van der Waals surface area contributed by atoms with Crippen molar-refractivity contribution in [2.75, 3.05) is 0 Å². The normalized spacial score (nSPS) is 10.7. The van der Waals surface area contributed by atoms with E-state index in [0.29, 0.717) is 10.7 Å². The molecule has 0 saturated carbocycles. The second-order valence-electron chi connectivity index (χ2n) is 2.28. The molecule has 0 atom stereocenters. The highest BCUT2D eigenvalue weighted by Crippen LogP contribution is 2.22. The van der Waals surface area contributed by atoms with Crippen LogP contribution in [0.25, 0.3) is 11.0 Å². The number of aryl methyl sites for hydroxylation is 1. The topological polar surface area (TPSA) is 38.9 Å². The summed E-state index contributed by atoms with van der Waals surface area (Å²) in [5.74, 6) is 0.816. The summed E-state index contributed by atoms with van der Waals surface area (Å²) in [6.45, 7) is 1.86. The van der Waals surface area contributed by atoms with Crippen molar-refractivity contribution in [3.8, 4) is 0 Å². The average Bonchev–Trinajstić information content (AvgIpc) is 2.31.